The van der Waals surface area contributed by atoms with Crippen LogP contribution >= 0.6 is 15.9 Å². The third-order valence-corrected chi connectivity index (χ3v) is 3.82. The molecule has 7 heteroatoms. The predicted octanol–water partition coefficient (Wildman–Crippen LogP) is 2.92. The Bertz CT molecular complexity index is 576. The fourth-order valence-corrected chi connectivity index (χ4v) is 2.37. The van der Waals surface area contributed by atoms with E-state index in [0.29, 0.717) is 18.5 Å². The molecule has 1 amide bonds. The van der Waals surface area contributed by atoms with Crippen LogP contribution in [0.4, 0.5) is 5.69 Å². The maximum Gasteiger partial charge on any atom is 0.243 e. The highest BCUT2D eigenvalue weighted by Gasteiger charge is 2.06. The fraction of sp³-hybridized carbons (Fsp3) is 0.556. The molecule has 1 aromatic rings. The number of hydrogen-bond donors (Lipinski definition) is 3. The Kier molecular flexibility index (Phi) is 10.2. The standard InChI is InChI=1S/C18H29BrN4O2/c1-13(2)12-25-9-5-8-21-18(20-4)22-11-17(24)23-16-10-15(19)7-6-14(16)3/h6-7,10,13H,5,8-9,11-12H2,1-4H3,(H,23,24)(H2,20,21,22). The number of nitrogens with zero attached hydrogens (tertiary/aromatic N) is 1. The molecule has 0 aromatic heterocycles. The van der Waals surface area contributed by atoms with Gasteiger partial charge in [0.05, 0.1) is 6.54 Å². The van der Waals surface area contributed by atoms with Crippen LogP contribution in [-0.4, -0.2) is 45.2 Å². The van der Waals surface area contributed by atoms with Gasteiger partial charge in [0, 0.05) is 37.0 Å². The highest BCUT2D eigenvalue weighted by molar-refractivity contribution is 9.10. The number of aryl methyl sites for hydroxylation is 1. The summed E-state index contributed by atoms with van der Waals surface area (Å²) < 4.78 is 6.46. The quantitative estimate of drug-likeness (QED) is 0.331. The number of halogens is 1. The van der Waals surface area contributed by atoms with Crippen molar-refractivity contribution in [1.29, 1.82) is 0 Å². The topological polar surface area (TPSA) is 74.8 Å². The average Bonchev–Trinajstić information content (AvgIpc) is 2.56. The maximum absolute atomic E-state index is 12.1. The first-order valence-electron chi connectivity index (χ1n) is 8.50. The molecule has 0 radical (unpaired) electrons. The number of benzene rings is 1. The highest BCUT2D eigenvalue weighted by Crippen LogP contribution is 2.20. The summed E-state index contributed by atoms with van der Waals surface area (Å²) in [7, 11) is 1.68. The molecule has 0 bridgehead atoms. The van der Waals surface area contributed by atoms with Crippen LogP contribution in [0.3, 0.4) is 0 Å². The van der Waals surface area contributed by atoms with Crippen LogP contribution in [0, 0.1) is 12.8 Å². The lowest BCUT2D eigenvalue weighted by molar-refractivity contribution is -0.115. The van der Waals surface area contributed by atoms with Crippen LogP contribution in [0.2, 0.25) is 0 Å². The van der Waals surface area contributed by atoms with Crippen LogP contribution < -0.4 is 16.0 Å². The van der Waals surface area contributed by atoms with E-state index in [-0.39, 0.29) is 12.5 Å². The van der Waals surface area contributed by atoms with E-state index in [9.17, 15) is 4.79 Å². The molecule has 0 heterocycles. The number of amides is 1. The van der Waals surface area contributed by atoms with Gasteiger partial charge in [-0.05, 0) is 37.0 Å². The molecule has 0 saturated heterocycles. The second-order valence-corrected chi connectivity index (χ2v) is 7.10. The first kappa shape index (κ1) is 21.4. The van der Waals surface area contributed by atoms with Crippen molar-refractivity contribution < 1.29 is 9.53 Å². The van der Waals surface area contributed by atoms with E-state index in [4.69, 9.17) is 4.74 Å². The molecule has 1 rings (SSSR count). The lowest BCUT2D eigenvalue weighted by Crippen LogP contribution is -2.41. The van der Waals surface area contributed by atoms with E-state index >= 15 is 0 Å². The van der Waals surface area contributed by atoms with Crippen molar-refractivity contribution in [2.24, 2.45) is 10.9 Å². The summed E-state index contributed by atoms with van der Waals surface area (Å²) in [4.78, 5) is 16.2. The molecule has 140 valence electrons. The van der Waals surface area contributed by atoms with Crippen molar-refractivity contribution in [2.75, 3.05) is 38.7 Å². The number of nitrogens with one attached hydrogen (secondary N) is 3. The van der Waals surface area contributed by atoms with Gasteiger partial charge in [0.25, 0.3) is 0 Å². The smallest absolute Gasteiger partial charge is 0.243 e. The second-order valence-electron chi connectivity index (χ2n) is 6.18. The zero-order valence-electron chi connectivity index (χ0n) is 15.5. The molecule has 0 unspecified atom stereocenters. The van der Waals surface area contributed by atoms with E-state index in [1.807, 2.05) is 25.1 Å². The highest BCUT2D eigenvalue weighted by atomic mass is 79.9. The summed E-state index contributed by atoms with van der Waals surface area (Å²) in [6.07, 6.45) is 0.886. The number of ether oxygens (including phenoxy) is 1. The molecule has 25 heavy (non-hydrogen) atoms. The Morgan fingerprint density at radius 1 is 1.32 bits per heavy atom. The monoisotopic (exact) mass is 412 g/mol. The van der Waals surface area contributed by atoms with E-state index in [1.54, 1.807) is 7.05 Å². The molecular formula is C18H29BrN4O2. The van der Waals surface area contributed by atoms with Gasteiger partial charge in [-0.2, -0.15) is 0 Å². The molecule has 0 atom stereocenters. The molecule has 3 N–H and O–H groups in total. The van der Waals surface area contributed by atoms with E-state index in [2.05, 4.69) is 50.7 Å². The van der Waals surface area contributed by atoms with Crippen LogP contribution in [0.1, 0.15) is 25.8 Å². The van der Waals surface area contributed by atoms with Crippen molar-refractivity contribution in [3.05, 3.63) is 28.2 Å². The summed E-state index contributed by atoms with van der Waals surface area (Å²) in [6, 6.07) is 5.78. The zero-order chi connectivity index (χ0) is 18.7. The normalized spacial score (nSPS) is 11.5. The lowest BCUT2D eigenvalue weighted by atomic mass is 10.2. The van der Waals surface area contributed by atoms with Gasteiger partial charge in [-0.25, -0.2) is 0 Å². The summed E-state index contributed by atoms with van der Waals surface area (Å²) >= 11 is 3.41. The number of guanidine groups is 1. The van der Waals surface area contributed by atoms with Crippen molar-refractivity contribution in [3.8, 4) is 0 Å². The molecule has 0 fully saturated rings. The molecule has 0 aliphatic heterocycles. The molecule has 0 aliphatic carbocycles. The van der Waals surface area contributed by atoms with Crippen LogP contribution in [0.15, 0.2) is 27.7 Å². The summed E-state index contributed by atoms with van der Waals surface area (Å²) in [5.41, 5.74) is 1.81. The zero-order valence-corrected chi connectivity index (χ0v) is 17.1. The van der Waals surface area contributed by atoms with Gasteiger partial charge in [0.2, 0.25) is 5.91 Å². The first-order valence-corrected chi connectivity index (χ1v) is 9.30. The van der Waals surface area contributed by atoms with Crippen LogP contribution in [0.5, 0.6) is 0 Å². The number of hydrogen-bond acceptors (Lipinski definition) is 3. The lowest BCUT2D eigenvalue weighted by Gasteiger charge is -2.13. The first-order chi connectivity index (χ1) is 11.9. The van der Waals surface area contributed by atoms with Crippen molar-refractivity contribution in [2.45, 2.75) is 27.2 Å². The van der Waals surface area contributed by atoms with Crippen LogP contribution in [0.25, 0.3) is 0 Å². The van der Waals surface area contributed by atoms with Gasteiger partial charge in [-0.1, -0.05) is 35.8 Å². The summed E-state index contributed by atoms with van der Waals surface area (Å²) in [6.45, 7) is 8.60. The number of rotatable bonds is 9. The van der Waals surface area contributed by atoms with Crippen molar-refractivity contribution >= 4 is 33.5 Å². The van der Waals surface area contributed by atoms with Gasteiger partial charge < -0.3 is 20.7 Å². The third-order valence-electron chi connectivity index (χ3n) is 3.32. The van der Waals surface area contributed by atoms with Crippen molar-refractivity contribution in [3.63, 3.8) is 0 Å². The van der Waals surface area contributed by atoms with Gasteiger partial charge in [-0.3, -0.25) is 9.79 Å². The van der Waals surface area contributed by atoms with Gasteiger partial charge in [-0.15, -0.1) is 0 Å². The van der Waals surface area contributed by atoms with Gasteiger partial charge >= 0.3 is 0 Å². The summed E-state index contributed by atoms with van der Waals surface area (Å²) in [5, 5.41) is 9.07. The van der Waals surface area contributed by atoms with E-state index in [1.165, 1.54) is 0 Å². The number of carbonyl (C=O) groups excluding carboxylic acids is 1. The van der Waals surface area contributed by atoms with E-state index < -0.39 is 0 Å². The Hall–Kier alpha value is -1.60. The van der Waals surface area contributed by atoms with Gasteiger partial charge in [0.1, 0.15) is 0 Å². The van der Waals surface area contributed by atoms with Gasteiger partial charge in [0.15, 0.2) is 5.96 Å². The number of aliphatic imine (C=N–C) groups is 1. The average molecular weight is 413 g/mol. The van der Waals surface area contributed by atoms with Crippen molar-refractivity contribution in [1.82, 2.24) is 10.6 Å². The largest absolute Gasteiger partial charge is 0.381 e. The van der Waals surface area contributed by atoms with Crippen LogP contribution in [-0.2, 0) is 9.53 Å². The minimum Gasteiger partial charge on any atom is -0.381 e. The minimum atomic E-state index is -0.121. The minimum absolute atomic E-state index is 0.121. The molecule has 6 nitrogen and oxygen atoms in total. The Morgan fingerprint density at radius 3 is 2.76 bits per heavy atom. The second kappa shape index (κ2) is 11.9. The molecular weight excluding hydrogens is 384 g/mol. The predicted molar refractivity (Wildman–Crippen MR) is 107 cm³/mol. The number of anilines is 1. The molecule has 0 saturated carbocycles. The Morgan fingerprint density at radius 2 is 2.08 bits per heavy atom. The summed E-state index contributed by atoms with van der Waals surface area (Å²) in [5.74, 6) is 1.03. The fourth-order valence-electron chi connectivity index (χ4n) is 2.01. The molecule has 0 spiro atoms. The SMILES string of the molecule is CN=C(NCCCOCC(C)C)NCC(=O)Nc1cc(Br)ccc1C. The third kappa shape index (κ3) is 9.45. The van der Waals surface area contributed by atoms with E-state index in [0.717, 1.165) is 35.3 Å². The molecule has 1 aromatic carbocycles. The Balaban J connectivity index is 2.27. The Labute approximate surface area is 158 Å². The molecule has 0 aliphatic rings. The number of carbonyl (C=O) groups is 1. The maximum atomic E-state index is 12.1.